The van der Waals surface area contributed by atoms with Crippen LogP contribution < -0.4 is 11.1 Å². The zero-order chi connectivity index (χ0) is 15.2. The predicted molar refractivity (Wildman–Crippen MR) is 80.9 cm³/mol. The van der Waals surface area contributed by atoms with Crippen molar-refractivity contribution in [1.82, 2.24) is 0 Å². The van der Waals surface area contributed by atoms with Crippen LogP contribution in [0.25, 0.3) is 0 Å². The second-order valence-corrected chi connectivity index (χ2v) is 4.56. The Morgan fingerprint density at radius 2 is 1.76 bits per heavy atom. The molecule has 0 bridgehead atoms. The van der Waals surface area contributed by atoms with E-state index < -0.39 is 5.97 Å². The van der Waals surface area contributed by atoms with E-state index in [9.17, 15) is 9.59 Å². The monoisotopic (exact) mass is 284 g/mol. The number of amides is 1. The molecule has 0 saturated carbocycles. The number of aryl methyl sites for hydroxylation is 1. The second kappa shape index (κ2) is 6.56. The molecular weight excluding hydrogens is 268 g/mol. The minimum Gasteiger partial charge on any atom is -0.452 e. The summed E-state index contributed by atoms with van der Waals surface area (Å²) in [6, 6.07) is 13.7. The van der Waals surface area contributed by atoms with E-state index in [0.29, 0.717) is 16.9 Å². The highest BCUT2D eigenvalue weighted by Gasteiger charge is 2.10. The molecule has 2 aromatic rings. The Hall–Kier alpha value is -2.82. The summed E-state index contributed by atoms with van der Waals surface area (Å²) < 4.78 is 4.95. The molecule has 0 aliphatic rings. The van der Waals surface area contributed by atoms with Crippen LogP contribution in [0.2, 0.25) is 0 Å². The van der Waals surface area contributed by atoms with Gasteiger partial charge in [0.05, 0.1) is 5.56 Å². The first kappa shape index (κ1) is 14.6. The van der Waals surface area contributed by atoms with Crippen molar-refractivity contribution in [3.05, 3.63) is 59.7 Å². The molecule has 0 saturated heterocycles. The van der Waals surface area contributed by atoms with Crippen molar-refractivity contribution in [3.63, 3.8) is 0 Å². The summed E-state index contributed by atoms with van der Waals surface area (Å²) in [5.41, 5.74) is 8.09. The van der Waals surface area contributed by atoms with Crippen molar-refractivity contribution in [2.24, 2.45) is 0 Å². The first-order valence-electron chi connectivity index (χ1n) is 6.44. The highest BCUT2D eigenvalue weighted by Crippen LogP contribution is 2.13. The average molecular weight is 284 g/mol. The lowest BCUT2D eigenvalue weighted by Gasteiger charge is -2.08. The van der Waals surface area contributed by atoms with E-state index in [0.717, 1.165) is 5.56 Å². The molecule has 1 amide bonds. The number of hydrogen-bond donors (Lipinski definition) is 2. The van der Waals surface area contributed by atoms with Crippen LogP contribution in [-0.4, -0.2) is 18.5 Å². The molecule has 108 valence electrons. The van der Waals surface area contributed by atoms with Gasteiger partial charge in [-0.1, -0.05) is 18.2 Å². The van der Waals surface area contributed by atoms with Gasteiger partial charge in [-0.05, 0) is 42.8 Å². The van der Waals surface area contributed by atoms with Crippen LogP contribution in [-0.2, 0) is 9.53 Å². The lowest BCUT2D eigenvalue weighted by Crippen LogP contribution is -2.21. The van der Waals surface area contributed by atoms with Crippen LogP contribution in [0.5, 0.6) is 0 Å². The van der Waals surface area contributed by atoms with Gasteiger partial charge in [0.1, 0.15) is 0 Å². The molecule has 2 rings (SSSR count). The van der Waals surface area contributed by atoms with Gasteiger partial charge >= 0.3 is 5.97 Å². The number of hydrogen-bond acceptors (Lipinski definition) is 4. The van der Waals surface area contributed by atoms with Gasteiger partial charge in [-0.25, -0.2) is 4.79 Å². The lowest BCUT2D eigenvalue weighted by molar-refractivity contribution is -0.119. The first-order valence-corrected chi connectivity index (χ1v) is 6.44. The van der Waals surface area contributed by atoms with Crippen molar-refractivity contribution in [2.45, 2.75) is 6.92 Å². The van der Waals surface area contributed by atoms with Gasteiger partial charge in [-0.15, -0.1) is 0 Å². The molecular formula is C16H16N2O3. The molecule has 0 aromatic heterocycles. The number of nitrogen functional groups attached to an aromatic ring is 1. The summed E-state index contributed by atoms with van der Waals surface area (Å²) in [5, 5.41) is 2.69. The fraction of sp³-hybridized carbons (Fsp3) is 0.125. The number of anilines is 2. The van der Waals surface area contributed by atoms with Crippen molar-refractivity contribution < 1.29 is 14.3 Å². The number of nitrogens with one attached hydrogen (secondary N) is 1. The van der Waals surface area contributed by atoms with Gasteiger partial charge in [0.15, 0.2) is 6.61 Å². The number of benzene rings is 2. The minimum absolute atomic E-state index is 0.336. The Morgan fingerprint density at radius 3 is 2.43 bits per heavy atom. The van der Waals surface area contributed by atoms with E-state index in [1.807, 2.05) is 25.1 Å². The molecule has 3 N–H and O–H groups in total. The van der Waals surface area contributed by atoms with Crippen LogP contribution >= 0.6 is 0 Å². The number of para-hydroxylation sites is 1. The zero-order valence-corrected chi connectivity index (χ0v) is 11.6. The quantitative estimate of drug-likeness (QED) is 0.667. The normalized spacial score (nSPS) is 9.95. The van der Waals surface area contributed by atoms with Gasteiger partial charge in [-0.3, -0.25) is 4.79 Å². The second-order valence-electron chi connectivity index (χ2n) is 4.56. The van der Waals surface area contributed by atoms with Crippen molar-refractivity contribution >= 4 is 23.3 Å². The highest BCUT2D eigenvalue weighted by molar-refractivity contribution is 5.96. The molecule has 0 heterocycles. The number of rotatable bonds is 4. The highest BCUT2D eigenvalue weighted by atomic mass is 16.5. The molecule has 0 fully saturated rings. The van der Waals surface area contributed by atoms with Gasteiger partial charge < -0.3 is 15.8 Å². The standard InChI is InChI=1S/C16H16N2O3/c1-11-4-2-3-5-14(11)18-15(19)10-21-16(20)12-6-8-13(17)9-7-12/h2-9H,10,17H2,1H3,(H,18,19). The number of carbonyl (C=O) groups excluding carboxylic acids is 2. The molecule has 0 atom stereocenters. The number of esters is 1. The topological polar surface area (TPSA) is 81.4 Å². The number of ether oxygens (including phenoxy) is 1. The van der Waals surface area contributed by atoms with E-state index >= 15 is 0 Å². The van der Waals surface area contributed by atoms with Gasteiger partial charge in [0.2, 0.25) is 0 Å². The Bertz CT molecular complexity index is 651. The van der Waals surface area contributed by atoms with Crippen molar-refractivity contribution in [2.75, 3.05) is 17.7 Å². The Kier molecular flexibility index (Phi) is 4.56. The largest absolute Gasteiger partial charge is 0.452 e. The van der Waals surface area contributed by atoms with Gasteiger partial charge in [0, 0.05) is 11.4 Å². The van der Waals surface area contributed by atoms with E-state index in [2.05, 4.69) is 5.32 Å². The summed E-state index contributed by atoms with van der Waals surface area (Å²) >= 11 is 0. The molecule has 5 nitrogen and oxygen atoms in total. The van der Waals surface area contributed by atoms with E-state index in [1.165, 1.54) is 0 Å². The molecule has 5 heteroatoms. The van der Waals surface area contributed by atoms with Crippen LogP contribution in [0.1, 0.15) is 15.9 Å². The fourth-order valence-electron chi connectivity index (χ4n) is 1.73. The maximum absolute atomic E-state index is 11.7. The molecule has 0 spiro atoms. The Balaban J connectivity index is 1.88. The third-order valence-corrected chi connectivity index (χ3v) is 2.90. The van der Waals surface area contributed by atoms with Crippen LogP contribution in [0.3, 0.4) is 0 Å². The summed E-state index contributed by atoms with van der Waals surface area (Å²) in [5.74, 6) is -0.942. The smallest absolute Gasteiger partial charge is 0.338 e. The summed E-state index contributed by atoms with van der Waals surface area (Å²) in [6.07, 6.45) is 0. The van der Waals surface area contributed by atoms with E-state index in [1.54, 1.807) is 30.3 Å². The minimum atomic E-state index is -0.560. The van der Waals surface area contributed by atoms with Crippen molar-refractivity contribution in [1.29, 1.82) is 0 Å². The summed E-state index contributed by atoms with van der Waals surface area (Å²) in [7, 11) is 0. The van der Waals surface area contributed by atoms with Crippen LogP contribution in [0, 0.1) is 6.92 Å². The van der Waals surface area contributed by atoms with Gasteiger partial charge in [-0.2, -0.15) is 0 Å². The lowest BCUT2D eigenvalue weighted by atomic mass is 10.2. The van der Waals surface area contributed by atoms with Crippen molar-refractivity contribution in [3.8, 4) is 0 Å². The molecule has 21 heavy (non-hydrogen) atoms. The average Bonchev–Trinajstić information content (AvgIpc) is 2.48. The maximum Gasteiger partial charge on any atom is 0.338 e. The zero-order valence-electron chi connectivity index (χ0n) is 11.6. The number of nitrogens with two attached hydrogens (primary N) is 1. The molecule has 0 aliphatic carbocycles. The van der Waals surface area contributed by atoms with Crippen LogP contribution in [0.15, 0.2) is 48.5 Å². The Labute approximate surface area is 122 Å². The molecule has 0 unspecified atom stereocenters. The van der Waals surface area contributed by atoms with Crippen LogP contribution in [0.4, 0.5) is 11.4 Å². The predicted octanol–water partition coefficient (Wildman–Crippen LogP) is 2.37. The third kappa shape index (κ3) is 4.07. The third-order valence-electron chi connectivity index (χ3n) is 2.90. The summed E-state index contributed by atoms with van der Waals surface area (Å²) in [4.78, 5) is 23.5. The fourth-order valence-corrected chi connectivity index (χ4v) is 1.73. The first-order chi connectivity index (χ1) is 10.1. The Morgan fingerprint density at radius 1 is 1.10 bits per heavy atom. The van der Waals surface area contributed by atoms with Gasteiger partial charge in [0.25, 0.3) is 5.91 Å². The van der Waals surface area contributed by atoms with E-state index in [4.69, 9.17) is 10.5 Å². The SMILES string of the molecule is Cc1ccccc1NC(=O)COC(=O)c1ccc(N)cc1. The maximum atomic E-state index is 11.7. The molecule has 0 radical (unpaired) electrons. The summed E-state index contributed by atoms with van der Waals surface area (Å²) in [6.45, 7) is 1.55. The molecule has 2 aromatic carbocycles. The molecule has 0 aliphatic heterocycles. The number of carbonyl (C=O) groups is 2. The van der Waals surface area contributed by atoms with E-state index in [-0.39, 0.29) is 12.5 Å².